The van der Waals surface area contributed by atoms with Gasteiger partial charge in [-0.2, -0.15) is 0 Å². The summed E-state index contributed by atoms with van der Waals surface area (Å²) in [6.45, 7) is 8.22. The SMILES string of the molecule is CCOc1cc(/C=C2\C(=O)NC(=O)N(c3ccc(C)cc3)C2=O)cc(I)c1O[C@@H](C)CC. The van der Waals surface area contributed by atoms with Gasteiger partial charge in [0.05, 0.1) is 22.0 Å². The summed E-state index contributed by atoms with van der Waals surface area (Å²) in [6.07, 6.45) is 2.31. The van der Waals surface area contributed by atoms with Gasteiger partial charge in [-0.15, -0.1) is 0 Å². The highest BCUT2D eigenvalue weighted by molar-refractivity contribution is 14.1. The lowest BCUT2D eigenvalue weighted by atomic mass is 10.1. The molecule has 32 heavy (non-hydrogen) atoms. The van der Waals surface area contributed by atoms with Crippen molar-refractivity contribution >= 4 is 52.2 Å². The van der Waals surface area contributed by atoms with E-state index >= 15 is 0 Å². The normalized spacial score (nSPS) is 16.2. The Morgan fingerprint density at radius 1 is 1.12 bits per heavy atom. The van der Waals surface area contributed by atoms with Gasteiger partial charge in [-0.3, -0.25) is 14.9 Å². The Kier molecular flexibility index (Phi) is 7.55. The third kappa shape index (κ3) is 5.12. The number of ether oxygens (including phenoxy) is 2. The largest absolute Gasteiger partial charge is 0.490 e. The second-order valence-electron chi connectivity index (χ2n) is 7.39. The van der Waals surface area contributed by atoms with Crippen LogP contribution in [-0.4, -0.2) is 30.6 Å². The van der Waals surface area contributed by atoms with Gasteiger partial charge in [0.15, 0.2) is 11.5 Å². The Labute approximate surface area is 200 Å². The molecule has 1 heterocycles. The van der Waals surface area contributed by atoms with Crippen molar-refractivity contribution in [3.63, 3.8) is 0 Å². The third-order valence-electron chi connectivity index (χ3n) is 4.93. The van der Waals surface area contributed by atoms with Crippen LogP contribution in [0.2, 0.25) is 0 Å². The van der Waals surface area contributed by atoms with Crippen LogP contribution in [0.1, 0.15) is 38.3 Å². The fourth-order valence-electron chi connectivity index (χ4n) is 3.09. The summed E-state index contributed by atoms with van der Waals surface area (Å²) in [7, 11) is 0. The number of urea groups is 1. The number of imide groups is 2. The van der Waals surface area contributed by atoms with Crippen LogP contribution < -0.4 is 19.7 Å². The van der Waals surface area contributed by atoms with E-state index in [1.165, 1.54) is 6.08 Å². The number of nitrogens with one attached hydrogen (secondary N) is 1. The van der Waals surface area contributed by atoms with E-state index in [0.717, 1.165) is 20.5 Å². The maximum absolute atomic E-state index is 13.1. The molecule has 168 valence electrons. The minimum absolute atomic E-state index is 0.00621. The minimum atomic E-state index is -0.775. The van der Waals surface area contributed by atoms with Crippen LogP contribution in [0.4, 0.5) is 10.5 Å². The van der Waals surface area contributed by atoms with E-state index in [0.29, 0.717) is 29.4 Å². The van der Waals surface area contributed by atoms with Crippen molar-refractivity contribution in [2.75, 3.05) is 11.5 Å². The number of amides is 4. The number of hydrogen-bond acceptors (Lipinski definition) is 5. The van der Waals surface area contributed by atoms with Crippen molar-refractivity contribution in [3.05, 3.63) is 56.7 Å². The van der Waals surface area contributed by atoms with Gasteiger partial charge >= 0.3 is 6.03 Å². The molecule has 8 heteroatoms. The quantitative estimate of drug-likeness (QED) is 0.304. The van der Waals surface area contributed by atoms with Crippen LogP contribution in [0.15, 0.2) is 42.0 Å². The summed E-state index contributed by atoms with van der Waals surface area (Å²) in [6, 6.07) is 9.67. The van der Waals surface area contributed by atoms with Crippen LogP contribution in [-0.2, 0) is 9.59 Å². The molecule has 0 saturated carbocycles. The Bertz CT molecular complexity index is 1080. The monoisotopic (exact) mass is 548 g/mol. The van der Waals surface area contributed by atoms with E-state index in [1.807, 2.05) is 27.7 Å². The van der Waals surface area contributed by atoms with Gasteiger partial charge in [-0.1, -0.05) is 24.6 Å². The Morgan fingerprint density at radius 3 is 2.44 bits per heavy atom. The average molecular weight is 548 g/mol. The lowest BCUT2D eigenvalue weighted by molar-refractivity contribution is -0.122. The number of halogens is 1. The maximum atomic E-state index is 13.1. The Morgan fingerprint density at radius 2 is 1.81 bits per heavy atom. The van der Waals surface area contributed by atoms with Crippen molar-refractivity contribution in [2.45, 2.75) is 40.2 Å². The van der Waals surface area contributed by atoms with Gasteiger partial charge in [-0.05, 0) is 85.7 Å². The molecule has 1 N–H and O–H groups in total. The van der Waals surface area contributed by atoms with Crippen molar-refractivity contribution in [3.8, 4) is 11.5 Å². The second-order valence-corrected chi connectivity index (χ2v) is 8.56. The Hall–Kier alpha value is -2.88. The molecule has 2 aromatic carbocycles. The van der Waals surface area contributed by atoms with Crippen molar-refractivity contribution in [1.29, 1.82) is 0 Å². The van der Waals surface area contributed by atoms with E-state index < -0.39 is 17.8 Å². The fourth-order valence-corrected chi connectivity index (χ4v) is 3.84. The van der Waals surface area contributed by atoms with Crippen molar-refractivity contribution in [2.24, 2.45) is 0 Å². The van der Waals surface area contributed by atoms with E-state index in [-0.39, 0.29) is 11.7 Å². The number of rotatable bonds is 7. The van der Waals surface area contributed by atoms with Crippen LogP contribution in [0.5, 0.6) is 11.5 Å². The average Bonchev–Trinajstić information content (AvgIpc) is 2.74. The number of nitrogens with zero attached hydrogens (tertiary/aromatic N) is 1. The number of carbonyl (C=O) groups excluding carboxylic acids is 3. The van der Waals surface area contributed by atoms with E-state index in [4.69, 9.17) is 9.47 Å². The molecule has 1 saturated heterocycles. The van der Waals surface area contributed by atoms with Gasteiger partial charge in [-0.25, -0.2) is 9.69 Å². The first-order valence-corrected chi connectivity index (χ1v) is 11.4. The first-order valence-electron chi connectivity index (χ1n) is 10.4. The zero-order valence-electron chi connectivity index (χ0n) is 18.4. The van der Waals surface area contributed by atoms with Gasteiger partial charge in [0.2, 0.25) is 0 Å². The van der Waals surface area contributed by atoms with E-state index in [9.17, 15) is 14.4 Å². The predicted octanol–water partition coefficient (Wildman–Crippen LogP) is 4.84. The smallest absolute Gasteiger partial charge is 0.335 e. The summed E-state index contributed by atoms with van der Waals surface area (Å²) in [5.41, 5.74) is 1.83. The summed E-state index contributed by atoms with van der Waals surface area (Å²) >= 11 is 2.14. The molecule has 0 aliphatic carbocycles. The van der Waals surface area contributed by atoms with Crippen molar-refractivity contribution < 1.29 is 23.9 Å². The molecular weight excluding hydrogens is 523 g/mol. The molecule has 1 atom stereocenters. The lowest BCUT2D eigenvalue weighted by Gasteiger charge is -2.26. The van der Waals surface area contributed by atoms with Gasteiger partial charge < -0.3 is 9.47 Å². The number of barbiturate groups is 1. The number of benzene rings is 2. The van der Waals surface area contributed by atoms with Crippen LogP contribution in [0.25, 0.3) is 6.08 Å². The van der Waals surface area contributed by atoms with Crippen molar-refractivity contribution in [1.82, 2.24) is 5.32 Å². The zero-order valence-corrected chi connectivity index (χ0v) is 20.6. The second kappa shape index (κ2) is 10.2. The molecule has 0 bridgehead atoms. The first-order chi connectivity index (χ1) is 15.2. The molecule has 7 nitrogen and oxygen atoms in total. The summed E-state index contributed by atoms with van der Waals surface area (Å²) in [5.74, 6) is -0.270. The molecule has 2 aromatic rings. The molecular formula is C24H25IN2O5. The highest BCUT2D eigenvalue weighted by Crippen LogP contribution is 2.36. The number of hydrogen-bond donors (Lipinski definition) is 1. The first kappa shape index (κ1) is 23.8. The van der Waals surface area contributed by atoms with Crippen LogP contribution in [0, 0.1) is 10.5 Å². The molecule has 0 aromatic heterocycles. The number of carbonyl (C=O) groups is 3. The molecule has 1 fully saturated rings. The standard InChI is InChI=1S/C24H25IN2O5/c1-5-15(4)32-21-19(25)12-16(13-20(21)31-6-2)11-18-22(28)26-24(30)27(23(18)29)17-9-7-14(3)8-10-17/h7-13,15H,5-6H2,1-4H3,(H,26,28,30)/b18-11+/t15-/m0/s1. The maximum Gasteiger partial charge on any atom is 0.335 e. The molecule has 1 aliphatic heterocycles. The molecule has 0 unspecified atom stereocenters. The minimum Gasteiger partial charge on any atom is -0.490 e. The highest BCUT2D eigenvalue weighted by atomic mass is 127. The van der Waals surface area contributed by atoms with Gasteiger partial charge in [0.1, 0.15) is 5.57 Å². The highest BCUT2D eigenvalue weighted by Gasteiger charge is 2.36. The summed E-state index contributed by atoms with van der Waals surface area (Å²) < 4.78 is 12.6. The van der Waals surface area contributed by atoms with Gasteiger partial charge in [0, 0.05) is 0 Å². The molecule has 3 rings (SSSR count). The van der Waals surface area contributed by atoms with Crippen LogP contribution in [0.3, 0.4) is 0 Å². The zero-order chi connectivity index (χ0) is 23.4. The van der Waals surface area contributed by atoms with E-state index in [1.54, 1.807) is 36.4 Å². The lowest BCUT2D eigenvalue weighted by Crippen LogP contribution is -2.54. The Balaban J connectivity index is 2.01. The topological polar surface area (TPSA) is 84.9 Å². The molecule has 1 aliphatic rings. The van der Waals surface area contributed by atoms with E-state index in [2.05, 4.69) is 27.9 Å². The number of aryl methyl sites for hydroxylation is 1. The summed E-state index contributed by atoms with van der Waals surface area (Å²) in [4.78, 5) is 38.9. The number of anilines is 1. The molecule has 4 amide bonds. The predicted molar refractivity (Wildman–Crippen MR) is 131 cm³/mol. The molecule has 0 spiro atoms. The fraction of sp³-hybridized carbons (Fsp3) is 0.292. The van der Waals surface area contributed by atoms with Crippen LogP contribution >= 0.6 is 22.6 Å². The third-order valence-corrected chi connectivity index (χ3v) is 5.73. The molecule has 0 radical (unpaired) electrons. The summed E-state index contributed by atoms with van der Waals surface area (Å²) in [5, 5.41) is 2.24. The van der Waals surface area contributed by atoms with Gasteiger partial charge in [0.25, 0.3) is 11.8 Å².